The Morgan fingerprint density at radius 1 is 0.620 bits per heavy atom. The summed E-state index contributed by atoms with van der Waals surface area (Å²) in [6.45, 7) is 14.3. The molecular weight excluding hydrogens is 640 g/mol. The maximum absolute atomic E-state index is 13.5. The quantitative estimate of drug-likeness (QED) is 0.0519. The van der Waals surface area contributed by atoms with Gasteiger partial charge in [0.25, 0.3) is 0 Å². The molecule has 10 nitrogen and oxygen atoms in total. The predicted molar refractivity (Wildman–Crippen MR) is 189 cm³/mol. The van der Waals surface area contributed by atoms with Crippen molar-refractivity contribution < 1.29 is 47.6 Å². The van der Waals surface area contributed by atoms with Crippen LogP contribution in [0.4, 0.5) is 0 Å². The van der Waals surface area contributed by atoms with Gasteiger partial charge in [-0.15, -0.1) is 0 Å². The van der Waals surface area contributed by atoms with Crippen molar-refractivity contribution in [2.45, 2.75) is 85.0 Å². The van der Waals surface area contributed by atoms with Gasteiger partial charge in [0.1, 0.15) is 23.0 Å². The molecule has 1 aliphatic rings. The second-order valence-corrected chi connectivity index (χ2v) is 13.2. The van der Waals surface area contributed by atoms with Crippen LogP contribution in [0.1, 0.15) is 85.0 Å². The number of unbranched alkanes of at least 4 members (excludes halogenated alkanes) is 6. The van der Waals surface area contributed by atoms with E-state index in [9.17, 15) is 19.2 Å². The van der Waals surface area contributed by atoms with E-state index in [1.165, 1.54) is 0 Å². The fourth-order valence-corrected chi connectivity index (χ4v) is 5.85. The molecule has 2 aromatic rings. The van der Waals surface area contributed by atoms with Gasteiger partial charge in [-0.25, -0.2) is 9.59 Å². The molecule has 1 aliphatic carbocycles. The van der Waals surface area contributed by atoms with E-state index in [0.717, 1.165) is 63.5 Å². The largest absolute Gasteiger partial charge is 0.494 e. The van der Waals surface area contributed by atoms with Gasteiger partial charge in [-0.05, 0) is 125 Å². The Morgan fingerprint density at radius 3 is 1.46 bits per heavy atom. The highest BCUT2D eigenvalue weighted by atomic mass is 16.5. The van der Waals surface area contributed by atoms with Crippen molar-refractivity contribution in [1.29, 1.82) is 0 Å². The Morgan fingerprint density at radius 2 is 1.02 bits per heavy atom. The second-order valence-electron chi connectivity index (χ2n) is 13.2. The number of rotatable bonds is 22. The van der Waals surface area contributed by atoms with Gasteiger partial charge in [-0.3, -0.25) is 9.59 Å². The minimum Gasteiger partial charge on any atom is -0.494 e. The van der Waals surface area contributed by atoms with E-state index in [0.29, 0.717) is 62.3 Å². The zero-order valence-electron chi connectivity index (χ0n) is 29.7. The molecule has 272 valence electrons. The first-order chi connectivity index (χ1) is 24.0. The van der Waals surface area contributed by atoms with Gasteiger partial charge >= 0.3 is 23.9 Å². The van der Waals surface area contributed by atoms with Crippen LogP contribution in [-0.4, -0.2) is 50.3 Å². The van der Waals surface area contributed by atoms with E-state index in [1.807, 2.05) is 20.8 Å². The highest BCUT2D eigenvalue weighted by Crippen LogP contribution is 2.57. The molecule has 0 N–H and O–H groups in total. The van der Waals surface area contributed by atoms with E-state index in [-0.39, 0.29) is 11.9 Å². The number of hydrogen-bond donors (Lipinski definition) is 0. The Kier molecular flexibility index (Phi) is 16.1. The third-order valence-electron chi connectivity index (χ3n) is 9.47. The number of benzene rings is 2. The molecule has 10 heteroatoms. The molecule has 0 aromatic heterocycles. The van der Waals surface area contributed by atoms with Crippen LogP contribution in [0.5, 0.6) is 23.0 Å². The van der Waals surface area contributed by atoms with Crippen molar-refractivity contribution in [3.05, 3.63) is 73.8 Å². The van der Waals surface area contributed by atoms with Crippen molar-refractivity contribution in [2.75, 3.05) is 26.4 Å². The summed E-state index contributed by atoms with van der Waals surface area (Å²) >= 11 is 0. The summed E-state index contributed by atoms with van der Waals surface area (Å²) in [5, 5.41) is 0. The molecule has 3 rings (SSSR count). The summed E-state index contributed by atoms with van der Waals surface area (Å²) in [6.07, 6.45) is 10.4. The highest BCUT2D eigenvalue weighted by molar-refractivity contribution is 5.84. The van der Waals surface area contributed by atoms with Gasteiger partial charge < -0.3 is 28.4 Å². The van der Waals surface area contributed by atoms with Crippen molar-refractivity contribution >= 4 is 23.9 Å². The van der Waals surface area contributed by atoms with Crippen molar-refractivity contribution in [3.8, 4) is 23.0 Å². The van der Waals surface area contributed by atoms with Gasteiger partial charge in [0.05, 0.1) is 37.8 Å². The fraction of sp³-hybridized carbons (Fsp3) is 0.500. The maximum atomic E-state index is 13.5. The van der Waals surface area contributed by atoms with Crippen LogP contribution in [0.3, 0.4) is 0 Å². The lowest BCUT2D eigenvalue weighted by Crippen LogP contribution is -2.45. The van der Waals surface area contributed by atoms with Crippen LogP contribution >= 0.6 is 0 Å². The lowest BCUT2D eigenvalue weighted by Gasteiger charge is -2.38. The van der Waals surface area contributed by atoms with Gasteiger partial charge in [0.15, 0.2) is 0 Å². The van der Waals surface area contributed by atoms with Gasteiger partial charge in [-0.1, -0.05) is 27.0 Å². The number of carbonyl (C=O) groups is 4. The average Bonchev–Trinajstić information content (AvgIpc) is 3.36. The normalized spacial score (nSPS) is 17.6. The van der Waals surface area contributed by atoms with E-state index >= 15 is 0 Å². The average molecular weight is 693 g/mol. The van der Waals surface area contributed by atoms with Crippen LogP contribution in [0.15, 0.2) is 73.8 Å². The topological polar surface area (TPSA) is 124 Å². The first-order valence-electron chi connectivity index (χ1n) is 17.5. The number of hydrogen-bond acceptors (Lipinski definition) is 10. The summed E-state index contributed by atoms with van der Waals surface area (Å²) in [4.78, 5) is 48.9. The van der Waals surface area contributed by atoms with Gasteiger partial charge in [0, 0.05) is 12.2 Å². The Hall–Kier alpha value is -4.60. The maximum Gasteiger partial charge on any atom is 0.330 e. The molecule has 0 unspecified atom stereocenters. The lowest BCUT2D eigenvalue weighted by molar-refractivity contribution is -0.154. The van der Waals surface area contributed by atoms with E-state index < -0.39 is 28.7 Å². The molecule has 2 atom stereocenters. The van der Waals surface area contributed by atoms with E-state index in [2.05, 4.69) is 13.2 Å². The molecular formula is C40H52O10. The summed E-state index contributed by atoms with van der Waals surface area (Å²) in [6, 6.07) is 13.9. The summed E-state index contributed by atoms with van der Waals surface area (Å²) in [5.74, 6) is 0.123. The monoisotopic (exact) mass is 692 g/mol. The minimum atomic E-state index is -0.899. The Balaban J connectivity index is 1.39. The van der Waals surface area contributed by atoms with Crippen LogP contribution in [0, 0.1) is 16.7 Å². The molecule has 1 fully saturated rings. The third kappa shape index (κ3) is 12.1. The molecule has 2 aromatic carbocycles. The first-order valence-corrected chi connectivity index (χ1v) is 17.5. The first kappa shape index (κ1) is 39.8. The van der Waals surface area contributed by atoms with Crippen molar-refractivity contribution in [2.24, 2.45) is 16.7 Å². The number of ether oxygens (including phenoxy) is 6. The zero-order valence-corrected chi connectivity index (χ0v) is 29.7. The van der Waals surface area contributed by atoms with Crippen molar-refractivity contribution in [1.82, 2.24) is 0 Å². The SMILES string of the molecule is C=CC(=O)OCCCCCCOc1ccc(OC(=O)[C@H]2CC[C@@](C)(C(=O)Oc3ccc(OCCCCCCOC(=O)C=C)cc3)C2(C)C)cc1. The molecule has 1 saturated carbocycles. The molecule has 0 bridgehead atoms. The molecule has 0 aliphatic heterocycles. The second kappa shape index (κ2) is 20.2. The highest BCUT2D eigenvalue weighted by Gasteiger charge is 2.59. The summed E-state index contributed by atoms with van der Waals surface area (Å²) < 4.78 is 33.1. The third-order valence-corrected chi connectivity index (χ3v) is 9.47. The van der Waals surface area contributed by atoms with Crippen LogP contribution < -0.4 is 18.9 Å². The van der Waals surface area contributed by atoms with Gasteiger partial charge in [-0.2, -0.15) is 0 Å². The fourth-order valence-electron chi connectivity index (χ4n) is 5.85. The van der Waals surface area contributed by atoms with E-state index in [1.54, 1.807) is 48.5 Å². The molecule has 50 heavy (non-hydrogen) atoms. The van der Waals surface area contributed by atoms with Gasteiger partial charge in [0.2, 0.25) is 0 Å². The number of esters is 4. The molecule has 0 amide bonds. The Labute approximate surface area is 296 Å². The van der Waals surface area contributed by atoms with Crippen molar-refractivity contribution in [3.63, 3.8) is 0 Å². The standard InChI is InChI=1S/C40H52O10/c1-6-35(41)47-28-14-10-8-12-26-45-30-16-20-32(21-17-30)49-37(43)34-24-25-40(5,39(34,3)4)38(44)50-33-22-18-31(19-23-33)46-27-13-9-11-15-29-48-36(42)7-2/h6-7,16-23,34H,1-2,8-15,24-29H2,3-5H3/t34-,40+/m1/s1. The summed E-state index contributed by atoms with van der Waals surface area (Å²) in [7, 11) is 0. The molecule has 0 saturated heterocycles. The number of carbonyl (C=O) groups excluding carboxylic acids is 4. The minimum absolute atomic E-state index is 0.378. The van der Waals surface area contributed by atoms with Crippen LogP contribution in [0.2, 0.25) is 0 Å². The zero-order chi connectivity index (χ0) is 36.4. The molecule has 0 radical (unpaired) electrons. The smallest absolute Gasteiger partial charge is 0.330 e. The molecule has 0 spiro atoms. The van der Waals surface area contributed by atoms with E-state index in [4.69, 9.17) is 28.4 Å². The Bertz CT molecular complexity index is 1410. The lowest BCUT2D eigenvalue weighted by atomic mass is 9.65. The summed E-state index contributed by atoms with van der Waals surface area (Å²) in [5.41, 5.74) is -1.61. The van der Waals surface area contributed by atoms with Crippen LogP contribution in [0.25, 0.3) is 0 Å². The predicted octanol–water partition coefficient (Wildman–Crippen LogP) is 7.98. The van der Waals surface area contributed by atoms with Crippen LogP contribution in [-0.2, 0) is 28.7 Å². The molecule has 0 heterocycles.